The molecule has 3 fully saturated rings. The molecule has 3 aliphatic carbocycles. The van der Waals surface area contributed by atoms with Gasteiger partial charge in [0.05, 0.1) is 0 Å². The minimum atomic E-state index is -0.290. The van der Waals surface area contributed by atoms with Crippen molar-refractivity contribution in [2.75, 3.05) is 0 Å². The summed E-state index contributed by atoms with van der Waals surface area (Å²) in [6, 6.07) is 0. The number of hydrogen-bond acceptors (Lipinski definition) is 5. The zero-order valence-corrected chi connectivity index (χ0v) is 18.4. The van der Waals surface area contributed by atoms with Crippen LogP contribution in [0.5, 0.6) is 0 Å². The molecule has 0 amide bonds. The van der Waals surface area contributed by atoms with Crippen LogP contribution < -0.4 is 0 Å². The second kappa shape index (κ2) is 7.88. The highest BCUT2D eigenvalue weighted by atomic mass is 16.6. The minimum absolute atomic E-state index is 0.0205. The Morgan fingerprint density at radius 1 is 1.10 bits per heavy atom. The molecule has 0 heterocycles. The molecule has 3 rings (SSSR count). The van der Waals surface area contributed by atoms with Gasteiger partial charge in [-0.15, -0.1) is 0 Å². The number of rotatable bonds is 5. The Labute approximate surface area is 174 Å². The third-order valence-electron chi connectivity index (χ3n) is 8.75. The molecule has 3 aliphatic rings. The first-order chi connectivity index (χ1) is 13.6. The lowest BCUT2D eigenvalue weighted by Crippen LogP contribution is -2.53. The predicted octanol–water partition coefficient (Wildman–Crippen LogP) is 4.77. The molecule has 5 heteroatoms. The van der Waals surface area contributed by atoms with Crippen molar-refractivity contribution >= 4 is 18.2 Å². The Kier molecular flexibility index (Phi) is 5.99. The molecule has 162 valence electrons. The van der Waals surface area contributed by atoms with Gasteiger partial charge in [-0.25, -0.2) is 0 Å². The first-order valence-corrected chi connectivity index (χ1v) is 11.0. The maximum Gasteiger partial charge on any atom is 0.302 e. The Hall–Kier alpha value is -1.65. The first-order valence-electron chi connectivity index (χ1n) is 11.0. The van der Waals surface area contributed by atoms with Crippen LogP contribution in [0.4, 0.5) is 0 Å². The zero-order valence-electron chi connectivity index (χ0n) is 18.4. The number of ether oxygens (including phenoxy) is 2. The summed E-state index contributed by atoms with van der Waals surface area (Å²) in [7, 11) is 0. The smallest absolute Gasteiger partial charge is 0.302 e. The molecule has 0 saturated heterocycles. The number of hydrogen-bond donors (Lipinski definition) is 0. The second-order valence-corrected chi connectivity index (χ2v) is 10.1. The average Bonchev–Trinajstić information content (AvgIpc) is 2.89. The van der Waals surface area contributed by atoms with E-state index in [1.54, 1.807) is 0 Å². The van der Waals surface area contributed by atoms with E-state index < -0.39 is 0 Å². The maximum atomic E-state index is 11.9. The average molecular weight is 405 g/mol. The lowest BCUT2D eigenvalue weighted by atomic mass is 9.49. The Bertz CT molecular complexity index is 699. The van der Waals surface area contributed by atoms with Crippen LogP contribution in [0.15, 0.2) is 12.2 Å². The van der Waals surface area contributed by atoms with Gasteiger partial charge < -0.3 is 14.3 Å². The SMILES string of the molecule is C=C1CC[C@@]2(CC=O)CC([C@@]3(C)CC[C@H](OC(C)=O)C[C@@H]3OC(C)=O)CC[C@]12C. The summed E-state index contributed by atoms with van der Waals surface area (Å²) in [5, 5.41) is 0. The van der Waals surface area contributed by atoms with E-state index in [4.69, 9.17) is 9.47 Å². The van der Waals surface area contributed by atoms with Crippen LogP contribution in [0.3, 0.4) is 0 Å². The van der Waals surface area contributed by atoms with Gasteiger partial charge in [0.2, 0.25) is 0 Å². The van der Waals surface area contributed by atoms with E-state index >= 15 is 0 Å². The molecule has 1 unspecified atom stereocenters. The molecule has 0 radical (unpaired) electrons. The van der Waals surface area contributed by atoms with Gasteiger partial charge in [-0.1, -0.05) is 26.0 Å². The lowest BCUT2D eigenvalue weighted by molar-refractivity contribution is -0.176. The van der Waals surface area contributed by atoms with Crippen LogP contribution in [0.2, 0.25) is 0 Å². The quantitative estimate of drug-likeness (QED) is 0.375. The molecule has 0 aliphatic heterocycles. The van der Waals surface area contributed by atoms with E-state index in [0.717, 1.165) is 51.2 Å². The van der Waals surface area contributed by atoms with Gasteiger partial charge in [0.25, 0.3) is 0 Å². The Morgan fingerprint density at radius 2 is 1.79 bits per heavy atom. The second-order valence-electron chi connectivity index (χ2n) is 10.1. The molecular formula is C24H36O5. The number of aldehydes is 1. The van der Waals surface area contributed by atoms with Crippen LogP contribution >= 0.6 is 0 Å². The summed E-state index contributed by atoms with van der Waals surface area (Å²) >= 11 is 0. The number of carbonyl (C=O) groups excluding carboxylic acids is 3. The van der Waals surface area contributed by atoms with Crippen molar-refractivity contribution in [1.29, 1.82) is 0 Å². The molecular weight excluding hydrogens is 368 g/mol. The van der Waals surface area contributed by atoms with Crippen LogP contribution in [-0.4, -0.2) is 30.4 Å². The molecule has 6 atom stereocenters. The summed E-state index contributed by atoms with van der Waals surface area (Å²) in [5.74, 6) is -0.214. The molecule has 0 aromatic heterocycles. The van der Waals surface area contributed by atoms with E-state index in [9.17, 15) is 14.4 Å². The van der Waals surface area contributed by atoms with E-state index in [1.165, 1.54) is 19.4 Å². The van der Waals surface area contributed by atoms with Crippen molar-refractivity contribution in [3.05, 3.63) is 12.2 Å². The summed E-state index contributed by atoms with van der Waals surface area (Å²) in [4.78, 5) is 34.9. The summed E-state index contributed by atoms with van der Waals surface area (Å²) in [6.07, 6.45) is 8.42. The van der Waals surface area contributed by atoms with Gasteiger partial charge in [0.1, 0.15) is 18.5 Å². The van der Waals surface area contributed by atoms with E-state index in [1.807, 2.05) is 0 Å². The molecule has 0 aromatic rings. The molecule has 5 nitrogen and oxygen atoms in total. The fourth-order valence-corrected chi connectivity index (χ4v) is 6.71. The molecule has 0 bridgehead atoms. The summed E-state index contributed by atoms with van der Waals surface area (Å²) < 4.78 is 11.3. The number of allylic oxidation sites excluding steroid dienone is 1. The van der Waals surface area contributed by atoms with Crippen molar-refractivity contribution in [3.8, 4) is 0 Å². The molecule has 0 N–H and O–H groups in total. The van der Waals surface area contributed by atoms with Crippen molar-refractivity contribution in [2.24, 2.45) is 22.2 Å². The number of fused-ring (bicyclic) bond motifs is 1. The van der Waals surface area contributed by atoms with E-state index in [2.05, 4.69) is 20.4 Å². The normalized spacial score (nSPS) is 42.1. The number of carbonyl (C=O) groups is 3. The standard InChI is InChI=1S/C24H36O5/c1-16-6-11-24(12-13-25)15-19(7-10-23(16,24)5)22(4)9-8-20(28-17(2)26)14-21(22)29-18(3)27/h13,19-21H,1,6-12,14-15H2,2-5H3/t19?,20-,21-,22+,23+,24+/m0/s1. The Morgan fingerprint density at radius 3 is 2.41 bits per heavy atom. The van der Waals surface area contributed by atoms with Crippen LogP contribution in [0, 0.1) is 22.2 Å². The summed E-state index contributed by atoms with van der Waals surface area (Å²) in [6.45, 7) is 11.8. The lowest BCUT2D eigenvalue weighted by Gasteiger charge is -2.56. The zero-order chi connectivity index (χ0) is 21.4. The summed E-state index contributed by atoms with van der Waals surface area (Å²) in [5.41, 5.74) is 1.10. The van der Waals surface area contributed by atoms with Gasteiger partial charge in [0.15, 0.2) is 0 Å². The molecule has 0 spiro atoms. The highest BCUT2D eigenvalue weighted by Crippen LogP contribution is 2.67. The molecule has 0 aromatic carbocycles. The van der Waals surface area contributed by atoms with Crippen LogP contribution in [0.25, 0.3) is 0 Å². The van der Waals surface area contributed by atoms with Crippen molar-refractivity contribution in [3.63, 3.8) is 0 Å². The fourth-order valence-electron chi connectivity index (χ4n) is 6.71. The van der Waals surface area contributed by atoms with Crippen molar-refractivity contribution in [1.82, 2.24) is 0 Å². The largest absolute Gasteiger partial charge is 0.462 e. The highest BCUT2D eigenvalue weighted by Gasteiger charge is 2.60. The third-order valence-corrected chi connectivity index (χ3v) is 8.75. The van der Waals surface area contributed by atoms with Crippen molar-refractivity contribution in [2.45, 2.75) is 97.7 Å². The van der Waals surface area contributed by atoms with Crippen LogP contribution in [-0.2, 0) is 23.9 Å². The van der Waals surface area contributed by atoms with Crippen molar-refractivity contribution < 1.29 is 23.9 Å². The number of esters is 2. The van der Waals surface area contributed by atoms with Crippen LogP contribution in [0.1, 0.15) is 85.5 Å². The predicted molar refractivity (Wildman–Crippen MR) is 110 cm³/mol. The first kappa shape index (κ1) is 22.0. The maximum absolute atomic E-state index is 11.9. The van der Waals surface area contributed by atoms with E-state index in [0.29, 0.717) is 18.8 Å². The van der Waals surface area contributed by atoms with E-state index in [-0.39, 0.29) is 40.4 Å². The highest BCUT2D eigenvalue weighted by molar-refractivity contribution is 5.67. The van der Waals surface area contributed by atoms with Gasteiger partial charge in [-0.3, -0.25) is 9.59 Å². The Balaban J connectivity index is 1.87. The fraction of sp³-hybridized carbons (Fsp3) is 0.792. The molecule has 3 saturated carbocycles. The monoisotopic (exact) mass is 404 g/mol. The van der Waals surface area contributed by atoms with Gasteiger partial charge in [-0.2, -0.15) is 0 Å². The van der Waals surface area contributed by atoms with Gasteiger partial charge in [0, 0.05) is 32.1 Å². The van der Waals surface area contributed by atoms with Gasteiger partial charge in [-0.05, 0) is 61.7 Å². The molecule has 29 heavy (non-hydrogen) atoms. The topological polar surface area (TPSA) is 69.7 Å². The minimum Gasteiger partial charge on any atom is -0.462 e. The van der Waals surface area contributed by atoms with Gasteiger partial charge >= 0.3 is 11.9 Å². The third kappa shape index (κ3) is 3.77.